The van der Waals surface area contributed by atoms with Crippen molar-refractivity contribution in [3.63, 3.8) is 0 Å². The molecule has 1 heterocycles. The quantitative estimate of drug-likeness (QED) is 0.528. The number of thioether (sulfide) groups is 1. The topological polar surface area (TPSA) is 68.3 Å². The van der Waals surface area contributed by atoms with Crippen LogP contribution in [-0.2, 0) is 22.4 Å². The van der Waals surface area contributed by atoms with Crippen LogP contribution in [0.5, 0.6) is 5.75 Å². The van der Waals surface area contributed by atoms with Gasteiger partial charge in [0.1, 0.15) is 5.75 Å². The highest BCUT2D eigenvalue weighted by molar-refractivity contribution is 8.03. The molecule has 142 valence electrons. The minimum absolute atomic E-state index is 0.392. The summed E-state index contributed by atoms with van der Waals surface area (Å²) in [5.41, 5.74) is 3.96. The van der Waals surface area contributed by atoms with Crippen LogP contribution in [0, 0.1) is 0 Å². The van der Waals surface area contributed by atoms with Crippen molar-refractivity contribution in [2.45, 2.75) is 26.7 Å². The molecular formula is C21H24N2O3S. The first kappa shape index (κ1) is 20.7. The Hall–Kier alpha value is -2.60. The van der Waals surface area contributed by atoms with Crippen LogP contribution >= 0.6 is 11.8 Å². The predicted molar refractivity (Wildman–Crippen MR) is 110 cm³/mol. The van der Waals surface area contributed by atoms with E-state index >= 15 is 0 Å². The van der Waals surface area contributed by atoms with Crippen molar-refractivity contribution >= 4 is 29.7 Å². The Balaban J connectivity index is 1.97. The number of ether oxygens (including phenoxy) is 1. The number of aromatic nitrogens is 1. The number of rotatable bonds is 9. The van der Waals surface area contributed by atoms with E-state index in [1.165, 1.54) is 17.3 Å². The summed E-state index contributed by atoms with van der Waals surface area (Å²) in [6, 6.07) is 11.7. The van der Waals surface area contributed by atoms with Gasteiger partial charge in [0, 0.05) is 18.3 Å². The van der Waals surface area contributed by atoms with E-state index in [1.54, 1.807) is 0 Å². The average Bonchev–Trinajstić information content (AvgIpc) is 2.69. The number of amides is 2. The monoisotopic (exact) mass is 384 g/mol. The average molecular weight is 385 g/mol. The lowest BCUT2D eigenvalue weighted by Crippen LogP contribution is -2.22. The number of allylic oxidation sites excluding steroid dienone is 1. The van der Waals surface area contributed by atoms with Gasteiger partial charge in [-0.25, -0.2) is 0 Å². The first-order valence-electron chi connectivity index (χ1n) is 8.75. The lowest BCUT2D eigenvalue weighted by atomic mass is 10.1. The molecule has 0 aliphatic carbocycles. The summed E-state index contributed by atoms with van der Waals surface area (Å²) < 4.78 is 5.79. The molecule has 0 bridgehead atoms. The molecule has 1 N–H and O–H groups in total. The second-order valence-electron chi connectivity index (χ2n) is 5.88. The van der Waals surface area contributed by atoms with Crippen molar-refractivity contribution in [2.24, 2.45) is 0 Å². The number of nitrogens with one attached hydrogen (secondary N) is 1. The van der Waals surface area contributed by atoms with E-state index in [-0.39, 0.29) is 0 Å². The summed E-state index contributed by atoms with van der Waals surface area (Å²) in [5.74, 6) is 0.372. The van der Waals surface area contributed by atoms with Crippen molar-refractivity contribution in [3.8, 4) is 5.75 Å². The Morgan fingerprint density at radius 1 is 1.22 bits per heavy atom. The van der Waals surface area contributed by atoms with Crippen LogP contribution in [-0.4, -0.2) is 30.2 Å². The molecule has 0 saturated carbocycles. The number of hydrogen-bond donors (Lipinski definition) is 1. The van der Waals surface area contributed by atoms with Crippen LogP contribution in [0.1, 0.15) is 30.7 Å². The summed E-state index contributed by atoms with van der Waals surface area (Å²) in [6.07, 6.45) is 5.84. The normalized spacial score (nSPS) is 11.5. The molecule has 0 spiro atoms. The Morgan fingerprint density at radius 3 is 2.52 bits per heavy atom. The number of pyridine rings is 1. The molecule has 0 aliphatic heterocycles. The van der Waals surface area contributed by atoms with Crippen molar-refractivity contribution in [2.75, 3.05) is 12.9 Å². The van der Waals surface area contributed by atoms with Crippen LogP contribution in [0.15, 0.2) is 47.5 Å². The molecule has 0 unspecified atom stereocenters. The molecule has 2 rings (SSSR count). The van der Waals surface area contributed by atoms with Crippen molar-refractivity contribution < 1.29 is 14.3 Å². The molecule has 1 aromatic carbocycles. The summed E-state index contributed by atoms with van der Waals surface area (Å²) >= 11 is 1.31. The van der Waals surface area contributed by atoms with E-state index in [0.717, 1.165) is 35.4 Å². The minimum Gasteiger partial charge on any atom is -0.493 e. The van der Waals surface area contributed by atoms with E-state index in [9.17, 15) is 9.59 Å². The lowest BCUT2D eigenvalue weighted by Gasteiger charge is -2.10. The summed E-state index contributed by atoms with van der Waals surface area (Å²) in [4.78, 5) is 27.3. The van der Waals surface area contributed by atoms with E-state index < -0.39 is 5.91 Å². The number of carbonyl (C=O) groups excluding carboxylic acids is 2. The van der Waals surface area contributed by atoms with E-state index in [1.807, 2.05) is 49.7 Å². The fraction of sp³-hybridized carbons (Fsp3) is 0.286. The van der Waals surface area contributed by atoms with E-state index in [4.69, 9.17) is 4.74 Å². The molecule has 0 atom stereocenters. The summed E-state index contributed by atoms with van der Waals surface area (Å²) in [7, 11) is 0. The van der Waals surface area contributed by atoms with Crippen molar-refractivity contribution in [1.29, 1.82) is 0 Å². The Kier molecular flexibility index (Phi) is 8.07. The van der Waals surface area contributed by atoms with Crippen LogP contribution < -0.4 is 10.1 Å². The Labute approximate surface area is 164 Å². The maximum atomic E-state index is 11.9. The lowest BCUT2D eigenvalue weighted by molar-refractivity contribution is -0.121. The molecule has 6 heteroatoms. The molecule has 5 nitrogen and oxygen atoms in total. The number of carbonyl (C=O) groups is 2. The van der Waals surface area contributed by atoms with Gasteiger partial charge >= 0.3 is 0 Å². The van der Waals surface area contributed by atoms with Crippen LogP contribution in [0.25, 0.3) is 5.57 Å². The van der Waals surface area contributed by atoms with Gasteiger partial charge in [-0.1, -0.05) is 25.1 Å². The molecular weight excluding hydrogens is 360 g/mol. The second kappa shape index (κ2) is 10.5. The molecule has 2 aromatic rings. The number of benzene rings is 1. The van der Waals surface area contributed by atoms with Gasteiger partial charge in [0.25, 0.3) is 5.91 Å². The van der Waals surface area contributed by atoms with Gasteiger partial charge in [0.05, 0.1) is 11.5 Å². The Morgan fingerprint density at radius 2 is 1.96 bits per heavy atom. The van der Waals surface area contributed by atoms with Crippen LogP contribution in [0.3, 0.4) is 0 Å². The van der Waals surface area contributed by atoms with Gasteiger partial charge in [-0.15, -0.1) is 11.8 Å². The standard InChI is InChI=1S/C21H24N2O3S/c1-4-16-5-8-18(22-13-16)11-12-26-19-9-6-17(7-10-19)15(2)20(27-3)21(25)23-14-24/h5-10,13-14H,4,11-12H2,1-3H3,(H,23,24,25)/b20-15-. The SMILES string of the molecule is CCc1ccc(CCOc2ccc(/C(C)=C(\SC)C(=O)NC=O)cc2)nc1. The summed E-state index contributed by atoms with van der Waals surface area (Å²) in [5, 5.41) is 2.18. The van der Waals surface area contributed by atoms with Crippen LogP contribution in [0.4, 0.5) is 0 Å². The van der Waals surface area contributed by atoms with Gasteiger partial charge < -0.3 is 4.74 Å². The highest BCUT2D eigenvalue weighted by Gasteiger charge is 2.12. The highest BCUT2D eigenvalue weighted by atomic mass is 32.2. The zero-order valence-electron chi connectivity index (χ0n) is 15.8. The fourth-order valence-corrected chi connectivity index (χ4v) is 3.22. The third-order valence-electron chi connectivity index (χ3n) is 4.15. The van der Waals surface area contributed by atoms with Gasteiger partial charge in [0.2, 0.25) is 6.41 Å². The van der Waals surface area contributed by atoms with Gasteiger partial charge in [-0.3, -0.25) is 19.9 Å². The van der Waals surface area contributed by atoms with Gasteiger partial charge in [-0.05, 0) is 54.5 Å². The summed E-state index contributed by atoms with van der Waals surface area (Å²) in [6.45, 7) is 4.51. The molecule has 27 heavy (non-hydrogen) atoms. The molecule has 1 aromatic heterocycles. The first-order chi connectivity index (χ1) is 13.1. The zero-order valence-corrected chi connectivity index (χ0v) is 16.6. The largest absolute Gasteiger partial charge is 0.493 e. The molecule has 0 fully saturated rings. The first-order valence-corrected chi connectivity index (χ1v) is 9.98. The minimum atomic E-state index is -0.392. The van der Waals surface area contributed by atoms with Gasteiger partial charge in [0.15, 0.2) is 0 Å². The molecule has 0 saturated heterocycles. The van der Waals surface area contributed by atoms with Crippen molar-refractivity contribution in [1.82, 2.24) is 10.3 Å². The van der Waals surface area contributed by atoms with Gasteiger partial charge in [-0.2, -0.15) is 0 Å². The third-order valence-corrected chi connectivity index (χ3v) is 5.05. The maximum Gasteiger partial charge on any atom is 0.264 e. The Bertz CT molecular complexity index is 799. The molecule has 0 aliphatic rings. The molecule has 0 radical (unpaired) electrons. The third kappa shape index (κ3) is 5.96. The zero-order chi connectivity index (χ0) is 19.6. The highest BCUT2D eigenvalue weighted by Crippen LogP contribution is 2.26. The number of aryl methyl sites for hydroxylation is 1. The maximum absolute atomic E-state index is 11.9. The second-order valence-corrected chi connectivity index (χ2v) is 6.70. The van der Waals surface area contributed by atoms with Crippen molar-refractivity contribution in [3.05, 3.63) is 64.3 Å². The number of hydrogen-bond acceptors (Lipinski definition) is 5. The molecule has 2 amide bonds. The smallest absolute Gasteiger partial charge is 0.264 e. The number of nitrogens with zero attached hydrogens (tertiary/aromatic N) is 1. The van der Waals surface area contributed by atoms with E-state index in [0.29, 0.717) is 17.9 Å². The fourth-order valence-electron chi connectivity index (χ4n) is 2.55. The van der Waals surface area contributed by atoms with Crippen LogP contribution in [0.2, 0.25) is 0 Å². The number of imide groups is 1. The predicted octanol–water partition coefficient (Wildman–Crippen LogP) is 3.63. The van der Waals surface area contributed by atoms with E-state index in [2.05, 4.69) is 23.3 Å².